The van der Waals surface area contributed by atoms with Gasteiger partial charge in [0.2, 0.25) is 11.7 Å². The van der Waals surface area contributed by atoms with Crippen LogP contribution in [0.25, 0.3) is 0 Å². The van der Waals surface area contributed by atoms with Crippen LogP contribution in [0.5, 0.6) is 0 Å². The van der Waals surface area contributed by atoms with E-state index >= 15 is 0 Å². The topological polar surface area (TPSA) is 89.7 Å². The van der Waals surface area contributed by atoms with Crippen LogP contribution in [0.4, 0.5) is 18.0 Å². The Morgan fingerprint density at radius 3 is 2.38 bits per heavy atom. The Morgan fingerprint density at radius 2 is 1.88 bits per heavy atom. The maximum atomic E-state index is 12.9. The number of ether oxygens (including phenoxy) is 1. The fraction of sp³-hybridized carbons (Fsp3) is 0.714. The fourth-order valence-corrected chi connectivity index (χ4v) is 3.13. The molecular weight excluding hydrogens is 359 g/mol. The van der Waals surface area contributed by atoms with Gasteiger partial charge in [-0.2, -0.15) is 13.2 Å². The molecule has 144 valence electrons. The lowest BCUT2D eigenvalue weighted by Gasteiger charge is -2.32. The molecule has 2 saturated heterocycles. The lowest BCUT2D eigenvalue weighted by atomic mass is 10.1. The van der Waals surface area contributed by atoms with E-state index in [-0.39, 0.29) is 32.1 Å². The predicted molar refractivity (Wildman–Crippen MR) is 80.2 cm³/mol. The summed E-state index contributed by atoms with van der Waals surface area (Å²) in [6, 6.07) is -0.509. The normalized spacial score (nSPS) is 19.2. The highest BCUT2D eigenvalue weighted by Gasteiger charge is 2.39. The number of piperidine rings is 1. The van der Waals surface area contributed by atoms with E-state index in [4.69, 9.17) is 4.74 Å². The third-order valence-corrected chi connectivity index (χ3v) is 4.59. The molecule has 26 heavy (non-hydrogen) atoms. The Bertz CT molecular complexity index is 764. The number of nitrogens with zero attached hydrogens (tertiary/aromatic N) is 5. The number of halogens is 3. The van der Waals surface area contributed by atoms with Gasteiger partial charge in [-0.25, -0.2) is 14.3 Å². The fourth-order valence-electron chi connectivity index (χ4n) is 3.13. The van der Waals surface area contributed by atoms with Crippen LogP contribution in [0, 0.1) is 0 Å². The number of hydrogen-bond acceptors (Lipinski definition) is 5. The first kappa shape index (κ1) is 18.3. The molecule has 1 aromatic heterocycles. The second kappa shape index (κ2) is 6.65. The number of hydrogen-bond donors (Lipinski definition) is 0. The van der Waals surface area contributed by atoms with E-state index in [1.165, 1.54) is 9.80 Å². The molecule has 12 heteroatoms. The smallest absolute Gasteiger partial charge is 0.448 e. The summed E-state index contributed by atoms with van der Waals surface area (Å²) in [6.45, 7) is 1.06. The second-order valence-corrected chi connectivity index (χ2v) is 6.26. The van der Waals surface area contributed by atoms with Crippen LogP contribution in [0.3, 0.4) is 0 Å². The molecule has 9 nitrogen and oxygen atoms in total. The minimum absolute atomic E-state index is 0.0920. The molecule has 0 spiro atoms. The molecule has 0 N–H and O–H groups in total. The number of aromatic nitrogens is 3. The van der Waals surface area contributed by atoms with E-state index < -0.39 is 29.8 Å². The highest BCUT2D eigenvalue weighted by Crippen LogP contribution is 2.28. The van der Waals surface area contributed by atoms with Crippen LogP contribution < -0.4 is 5.69 Å². The Hall–Kier alpha value is -2.53. The number of cyclic esters (lactones) is 1. The third-order valence-electron chi connectivity index (χ3n) is 4.59. The zero-order valence-electron chi connectivity index (χ0n) is 14.0. The minimum Gasteiger partial charge on any atom is -0.448 e. The molecule has 3 rings (SSSR count). The van der Waals surface area contributed by atoms with Crippen LogP contribution in [0.2, 0.25) is 0 Å². The number of rotatable bonds is 3. The molecule has 2 aliphatic rings. The van der Waals surface area contributed by atoms with Crippen LogP contribution in [0.15, 0.2) is 4.79 Å². The minimum atomic E-state index is -4.71. The summed E-state index contributed by atoms with van der Waals surface area (Å²) in [5.74, 6) is -1.50. The molecule has 0 radical (unpaired) electrons. The molecular formula is C14H18F3N5O4. The Balaban J connectivity index is 1.63. The summed E-state index contributed by atoms with van der Waals surface area (Å²) in [5.41, 5.74) is -0.832. The monoisotopic (exact) mass is 377 g/mol. The number of likely N-dealkylation sites (tertiary alicyclic amines) is 1. The summed E-state index contributed by atoms with van der Waals surface area (Å²) in [6.07, 6.45) is -4.62. The van der Waals surface area contributed by atoms with Crippen LogP contribution in [-0.4, -0.2) is 68.9 Å². The molecule has 2 amide bonds. The first-order valence-corrected chi connectivity index (χ1v) is 8.10. The van der Waals surface area contributed by atoms with Gasteiger partial charge in [0.15, 0.2) is 0 Å². The van der Waals surface area contributed by atoms with Crippen molar-refractivity contribution in [1.82, 2.24) is 24.1 Å². The molecule has 2 aliphatic heterocycles. The van der Waals surface area contributed by atoms with Crippen LogP contribution in [-0.2, 0) is 22.8 Å². The summed E-state index contributed by atoms with van der Waals surface area (Å²) >= 11 is 0. The number of amides is 2. The molecule has 0 bridgehead atoms. The van der Waals surface area contributed by atoms with Crippen LogP contribution in [0.1, 0.15) is 24.7 Å². The average Bonchev–Trinajstić information content (AvgIpc) is 3.11. The van der Waals surface area contributed by atoms with Crippen molar-refractivity contribution in [2.24, 2.45) is 7.05 Å². The van der Waals surface area contributed by atoms with E-state index in [0.29, 0.717) is 24.0 Å². The molecule has 0 atom stereocenters. The zero-order valence-corrected chi connectivity index (χ0v) is 14.0. The molecule has 2 fully saturated rings. The van der Waals surface area contributed by atoms with Gasteiger partial charge in [0.25, 0.3) is 0 Å². The Morgan fingerprint density at radius 1 is 1.23 bits per heavy atom. The molecule has 0 unspecified atom stereocenters. The largest absolute Gasteiger partial charge is 0.451 e. The highest BCUT2D eigenvalue weighted by atomic mass is 19.4. The third kappa shape index (κ3) is 3.40. The van der Waals surface area contributed by atoms with E-state index in [2.05, 4.69) is 5.10 Å². The standard InChI is InChI=1S/C14H18F3N5O4/c1-19-11(14(15,16)17)18-22(12(19)24)9-2-4-20(5-3-9)10(23)8-21-6-7-26-13(21)25/h9H,2-8H2,1H3. The van der Waals surface area contributed by atoms with Crippen molar-refractivity contribution in [3.8, 4) is 0 Å². The van der Waals surface area contributed by atoms with Crippen molar-refractivity contribution in [3.63, 3.8) is 0 Å². The van der Waals surface area contributed by atoms with Crippen molar-refractivity contribution < 1.29 is 27.5 Å². The summed E-state index contributed by atoms with van der Waals surface area (Å²) < 4.78 is 44.7. The number of carbonyl (C=O) groups is 2. The van der Waals surface area contributed by atoms with Crippen LogP contribution >= 0.6 is 0 Å². The van der Waals surface area contributed by atoms with E-state index in [1.54, 1.807) is 0 Å². The van der Waals surface area contributed by atoms with Gasteiger partial charge >= 0.3 is 18.0 Å². The lowest BCUT2D eigenvalue weighted by Crippen LogP contribution is -2.45. The van der Waals surface area contributed by atoms with Gasteiger partial charge in [-0.15, -0.1) is 5.10 Å². The molecule has 1 aromatic rings. The lowest BCUT2D eigenvalue weighted by molar-refractivity contribution is -0.147. The molecule has 0 aliphatic carbocycles. The summed E-state index contributed by atoms with van der Waals surface area (Å²) in [5, 5.41) is 3.44. The van der Waals surface area contributed by atoms with Gasteiger partial charge in [-0.05, 0) is 12.8 Å². The van der Waals surface area contributed by atoms with Gasteiger partial charge in [0, 0.05) is 20.1 Å². The highest BCUT2D eigenvalue weighted by molar-refractivity contribution is 5.82. The predicted octanol–water partition coefficient (Wildman–Crippen LogP) is 0.216. The molecule has 0 aromatic carbocycles. The van der Waals surface area contributed by atoms with Crippen molar-refractivity contribution in [1.29, 1.82) is 0 Å². The zero-order chi connectivity index (χ0) is 19.1. The van der Waals surface area contributed by atoms with Gasteiger partial charge in [-0.3, -0.25) is 14.3 Å². The SMILES string of the molecule is Cn1c(C(F)(F)F)nn(C2CCN(C(=O)CN3CCOC3=O)CC2)c1=O. The first-order chi connectivity index (χ1) is 12.2. The second-order valence-electron chi connectivity index (χ2n) is 6.26. The maximum Gasteiger partial charge on any atom is 0.451 e. The van der Waals surface area contributed by atoms with Crippen molar-refractivity contribution in [2.45, 2.75) is 25.1 Å². The number of carbonyl (C=O) groups excluding carboxylic acids is 2. The van der Waals surface area contributed by atoms with E-state index in [0.717, 1.165) is 11.7 Å². The van der Waals surface area contributed by atoms with E-state index in [1.807, 2.05) is 0 Å². The average molecular weight is 377 g/mol. The van der Waals surface area contributed by atoms with E-state index in [9.17, 15) is 27.6 Å². The Labute approximate surface area is 145 Å². The van der Waals surface area contributed by atoms with Gasteiger partial charge in [0.1, 0.15) is 13.2 Å². The molecule has 3 heterocycles. The summed E-state index contributed by atoms with van der Waals surface area (Å²) in [7, 11) is 1.03. The maximum absolute atomic E-state index is 12.9. The first-order valence-electron chi connectivity index (χ1n) is 8.10. The Kier molecular flexibility index (Phi) is 4.67. The summed E-state index contributed by atoms with van der Waals surface area (Å²) in [4.78, 5) is 38.5. The van der Waals surface area contributed by atoms with Gasteiger partial charge in [0.05, 0.1) is 12.6 Å². The van der Waals surface area contributed by atoms with Gasteiger partial charge < -0.3 is 9.64 Å². The van der Waals surface area contributed by atoms with Gasteiger partial charge in [-0.1, -0.05) is 0 Å². The number of alkyl halides is 3. The van der Waals surface area contributed by atoms with Crippen molar-refractivity contribution in [3.05, 3.63) is 16.3 Å². The van der Waals surface area contributed by atoms with Crippen molar-refractivity contribution in [2.75, 3.05) is 32.8 Å². The quantitative estimate of drug-likeness (QED) is 0.752. The van der Waals surface area contributed by atoms with Crippen molar-refractivity contribution >= 4 is 12.0 Å². The molecule has 0 saturated carbocycles.